The third-order valence-corrected chi connectivity index (χ3v) is 4.87. The van der Waals surface area contributed by atoms with Crippen LogP contribution >= 0.6 is 23.4 Å². The van der Waals surface area contributed by atoms with E-state index in [1.54, 1.807) is 0 Å². The van der Waals surface area contributed by atoms with E-state index in [-0.39, 0.29) is 12.5 Å². The Labute approximate surface area is 123 Å². The Kier molecular flexibility index (Phi) is 5.55. The maximum atomic E-state index is 11.6. The second-order valence-electron chi connectivity index (χ2n) is 4.75. The molecular formula is C14H19ClN2OS. The molecule has 0 aliphatic carbocycles. The Bertz CT molecular complexity index is 441. The summed E-state index contributed by atoms with van der Waals surface area (Å²) in [6.45, 7) is 1.79. The average Bonchev–Trinajstić information content (AvgIpc) is 2.45. The topological polar surface area (TPSA) is 46.3 Å². The van der Waals surface area contributed by atoms with E-state index < -0.39 is 0 Å². The van der Waals surface area contributed by atoms with E-state index in [2.05, 4.69) is 6.07 Å². The molecular weight excluding hydrogens is 280 g/mol. The maximum Gasteiger partial charge on any atom is 0.236 e. The van der Waals surface area contributed by atoms with E-state index >= 15 is 0 Å². The van der Waals surface area contributed by atoms with Gasteiger partial charge in [-0.2, -0.15) is 11.8 Å². The van der Waals surface area contributed by atoms with Crippen LogP contribution in [0.25, 0.3) is 0 Å². The SMILES string of the molecule is NCC(=O)N1CCCC(SCc2cccc(Cl)c2)C1. The number of halogens is 1. The lowest BCUT2D eigenvalue weighted by Gasteiger charge is -2.32. The van der Waals surface area contributed by atoms with Crippen LogP contribution in [0.3, 0.4) is 0 Å². The molecule has 104 valence electrons. The van der Waals surface area contributed by atoms with Gasteiger partial charge in [0, 0.05) is 29.1 Å². The van der Waals surface area contributed by atoms with E-state index in [0.717, 1.165) is 30.3 Å². The van der Waals surface area contributed by atoms with Crippen molar-refractivity contribution in [3.05, 3.63) is 34.9 Å². The quantitative estimate of drug-likeness (QED) is 0.929. The van der Waals surface area contributed by atoms with Crippen LogP contribution in [0.5, 0.6) is 0 Å². The molecule has 3 nitrogen and oxygen atoms in total. The smallest absolute Gasteiger partial charge is 0.236 e. The molecule has 0 radical (unpaired) electrons. The van der Waals surface area contributed by atoms with E-state index in [1.807, 2.05) is 34.9 Å². The molecule has 1 heterocycles. The van der Waals surface area contributed by atoms with Gasteiger partial charge in [-0.15, -0.1) is 0 Å². The number of hydrogen-bond acceptors (Lipinski definition) is 3. The van der Waals surface area contributed by atoms with Crippen molar-refractivity contribution in [1.82, 2.24) is 4.90 Å². The van der Waals surface area contributed by atoms with E-state index in [1.165, 1.54) is 12.0 Å². The minimum Gasteiger partial charge on any atom is -0.340 e. The number of nitrogens with zero attached hydrogens (tertiary/aromatic N) is 1. The van der Waals surface area contributed by atoms with Gasteiger partial charge < -0.3 is 10.6 Å². The summed E-state index contributed by atoms with van der Waals surface area (Å²) in [5, 5.41) is 1.28. The summed E-state index contributed by atoms with van der Waals surface area (Å²) in [4.78, 5) is 13.5. The molecule has 1 atom stereocenters. The predicted molar refractivity (Wildman–Crippen MR) is 81.4 cm³/mol. The normalized spacial score (nSPS) is 19.5. The van der Waals surface area contributed by atoms with Crippen LogP contribution in [0.4, 0.5) is 0 Å². The van der Waals surface area contributed by atoms with Gasteiger partial charge in [-0.1, -0.05) is 23.7 Å². The summed E-state index contributed by atoms with van der Waals surface area (Å²) < 4.78 is 0. The molecule has 1 aliphatic heterocycles. The predicted octanol–water partition coefficient (Wildman–Crippen LogP) is 2.52. The van der Waals surface area contributed by atoms with Gasteiger partial charge >= 0.3 is 0 Å². The van der Waals surface area contributed by atoms with Crippen LogP contribution in [0.1, 0.15) is 18.4 Å². The van der Waals surface area contributed by atoms with Crippen molar-refractivity contribution < 1.29 is 4.79 Å². The van der Waals surface area contributed by atoms with Crippen molar-refractivity contribution in [3.63, 3.8) is 0 Å². The van der Waals surface area contributed by atoms with Gasteiger partial charge in [0.2, 0.25) is 5.91 Å². The molecule has 0 aromatic heterocycles. The van der Waals surface area contributed by atoms with Crippen LogP contribution in [0, 0.1) is 0 Å². The summed E-state index contributed by atoms with van der Waals surface area (Å²) in [7, 11) is 0. The molecule has 0 saturated carbocycles. The largest absolute Gasteiger partial charge is 0.340 e. The van der Waals surface area contributed by atoms with E-state index in [0.29, 0.717) is 5.25 Å². The highest BCUT2D eigenvalue weighted by Crippen LogP contribution is 2.26. The first-order valence-corrected chi connectivity index (χ1v) is 7.95. The fraction of sp³-hybridized carbons (Fsp3) is 0.500. The molecule has 1 amide bonds. The number of hydrogen-bond donors (Lipinski definition) is 1. The molecule has 5 heteroatoms. The second-order valence-corrected chi connectivity index (χ2v) is 6.47. The molecule has 1 aliphatic rings. The van der Waals surface area contributed by atoms with Gasteiger partial charge in [0.1, 0.15) is 0 Å². The van der Waals surface area contributed by atoms with Crippen LogP contribution in [-0.4, -0.2) is 35.7 Å². The number of thioether (sulfide) groups is 1. The van der Waals surface area contributed by atoms with Gasteiger partial charge in [0.25, 0.3) is 0 Å². The fourth-order valence-electron chi connectivity index (χ4n) is 2.27. The van der Waals surface area contributed by atoms with Gasteiger partial charge in [0.15, 0.2) is 0 Å². The van der Waals surface area contributed by atoms with Crippen molar-refractivity contribution in [1.29, 1.82) is 0 Å². The Morgan fingerprint density at radius 1 is 1.53 bits per heavy atom. The van der Waals surface area contributed by atoms with Gasteiger partial charge in [0.05, 0.1) is 6.54 Å². The van der Waals surface area contributed by atoms with Crippen molar-refractivity contribution in [2.24, 2.45) is 5.73 Å². The van der Waals surface area contributed by atoms with Crippen molar-refractivity contribution in [3.8, 4) is 0 Å². The minimum atomic E-state index is 0.0630. The Hall–Kier alpha value is -0.710. The Balaban J connectivity index is 1.84. The van der Waals surface area contributed by atoms with E-state index in [9.17, 15) is 4.79 Å². The van der Waals surface area contributed by atoms with Crippen LogP contribution < -0.4 is 5.73 Å². The number of piperidine rings is 1. The number of likely N-dealkylation sites (tertiary alicyclic amines) is 1. The summed E-state index contributed by atoms with van der Waals surface area (Å²) in [6.07, 6.45) is 2.23. The van der Waals surface area contributed by atoms with Gasteiger partial charge in [-0.05, 0) is 30.5 Å². The molecule has 1 aromatic carbocycles. The molecule has 19 heavy (non-hydrogen) atoms. The minimum absolute atomic E-state index is 0.0630. The molecule has 0 bridgehead atoms. The second kappa shape index (κ2) is 7.17. The van der Waals surface area contributed by atoms with Crippen molar-refractivity contribution >= 4 is 29.3 Å². The number of carbonyl (C=O) groups is 1. The number of amides is 1. The van der Waals surface area contributed by atoms with Crippen LogP contribution in [-0.2, 0) is 10.5 Å². The summed E-state index contributed by atoms with van der Waals surface area (Å²) in [5.41, 5.74) is 6.65. The number of benzene rings is 1. The highest BCUT2D eigenvalue weighted by Gasteiger charge is 2.22. The Morgan fingerprint density at radius 2 is 2.37 bits per heavy atom. The van der Waals surface area contributed by atoms with Gasteiger partial charge in [-0.3, -0.25) is 4.79 Å². The fourth-order valence-corrected chi connectivity index (χ4v) is 3.71. The lowest BCUT2D eigenvalue weighted by Crippen LogP contribution is -2.43. The third-order valence-electron chi connectivity index (χ3n) is 3.28. The summed E-state index contributed by atoms with van der Waals surface area (Å²) in [5.74, 6) is 1.00. The first kappa shape index (κ1) is 14.7. The zero-order chi connectivity index (χ0) is 13.7. The molecule has 0 spiro atoms. The molecule has 2 N–H and O–H groups in total. The summed E-state index contributed by atoms with van der Waals surface area (Å²) >= 11 is 7.87. The number of rotatable bonds is 4. The highest BCUT2D eigenvalue weighted by molar-refractivity contribution is 7.99. The first-order valence-electron chi connectivity index (χ1n) is 6.53. The maximum absolute atomic E-state index is 11.6. The standard InChI is InChI=1S/C14H19ClN2OS/c15-12-4-1-3-11(7-12)10-19-13-5-2-6-17(9-13)14(18)8-16/h1,3-4,7,13H,2,5-6,8-10,16H2. The monoisotopic (exact) mass is 298 g/mol. The van der Waals surface area contributed by atoms with Crippen LogP contribution in [0.15, 0.2) is 24.3 Å². The molecule has 1 fully saturated rings. The number of carbonyl (C=O) groups excluding carboxylic acids is 1. The molecule has 2 rings (SSSR count). The molecule has 1 unspecified atom stereocenters. The van der Waals surface area contributed by atoms with Gasteiger partial charge in [-0.25, -0.2) is 0 Å². The highest BCUT2D eigenvalue weighted by atomic mass is 35.5. The third kappa shape index (κ3) is 4.41. The number of nitrogens with two attached hydrogens (primary N) is 1. The lowest BCUT2D eigenvalue weighted by molar-refractivity contribution is -0.130. The average molecular weight is 299 g/mol. The van der Waals surface area contributed by atoms with E-state index in [4.69, 9.17) is 17.3 Å². The zero-order valence-electron chi connectivity index (χ0n) is 10.8. The first-order chi connectivity index (χ1) is 9.19. The summed E-state index contributed by atoms with van der Waals surface area (Å²) in [6, 6.07) is 7.95. The van der Waals surface area contributed by atoms with Crippen LogP contribution in [0.2, 0.25) is 5.02 Å². The zero-order valence-corrected chi connectivity index (χ0v) is 12.4. The molecule has 1 saturated heterocycles. The van der Waals surface area contributed by atoms with Crippen molar-refractivity contribution in [2.75, 3.05) is 19.6 Å². The Morgan fingerprint density at radius 3 is 3.11 bits per heavy atom. The molecule has 1 aromatic rings. The van der Waals surface area contributed by atoms with Crippen molar-refractivity contribution in [2.45, 2.75) is 23.8 Å². The lowest BCUT2D eigenvalue weighted by atomic mass is 10.1.